The van der Waals surface area contributed by atoms with E-state index in [9.17, 15) is 5.11 Å². The molecular weight excluding hydrogens is 304 g/mol. The lowest BCUT2D eigenvalue weighted by molar-refractivity contribution is 0.152. The molecule has 0 atom stereocenters. The molecule has 2 aromatic heterocycles. The van der Waals surface area contributed by atoms with E-state index >= 15 is 0 Å². The number of nitrogens with one attached hydrogen (secondary N) is 1. The molecule has 2 N–H and O–H groups in total. The number of aromatic nitrogens is 4. The van der Waals surface area contributed by atoms with Gasteiger partial charge in [0.25, 0.3) is 0 Å². The van der Waals surface area contributed by atoms with Crippen molar-refractivity contribution in [3.63, 3.8) is 0 Å². The van der Waals surface area contributed by atoms with Gasteiger partial charge in [-0.05, 0) is 26.8 Å². The van der Waals surface area contributed by atoms with Crippen LogP contribution in [0.3, 0.4) is 0 Å². The quantitative estimate of drug-likeness (QED) is 0.790. The van der Waals surface area contributed by atoms with E-state index in [1.165, 1.54) is 0 Å². The lowest BCUT2D eigenvalue weighted by Gasteiger charge is -2.22. The molecule has 0 aromatic carbocycles. The summed E-state index contributed by atoms with van der Waals surface area (Å²) in [7, 11) is 0. The fraction of sp³-hybridized carbons (Fsp3) is 0.529. The molecule has 2 aromatic rings. The maximum Gasteiger partial charge on any atom is 0.223 e. The first-order chi connectivity index (χ1) is 11.5. The molecule has 0 saturated heterocycles. The van der Waals surface area contributed by atoms with Crippen molar-refractivity contribution in [3.05, 3.63) is 24.2 Å². The smallest absolute Gasteiger partial charge is 0.223 e. The second-order valence-electron chi connectivity index (χ2n) is 5.64. The average molecular weight is 330 g/mol. The van der Waals surface area contributed by atoms with E-state index in [0.29, 0.717) is 18.9 Å². The van der Waals surface area contributed by atoms with Crippen molar-refractivity contribution in [1.82, 2.24) is 19.7 Å². The zero-order chi connectivity index (χ0) is 18.2. The van der Waals surface area contributed by atoms with Gasteiger partial charge in [0.15, 0.2) is 0 Å². The summed E-state index contributed by atoms with van der Waals surface area (Å²) in [4.78, 5) is 8.59. The Hall–Kier alpha value is -2.46. The number of hydrogen-bond donors (Lipinski definition) is 2. The maximum atomic E-state index is 9.46. The Morgan fingerprint density at radius 1 is 1.38 bits per heavy atom. The van der Waals surface area contributed by atoms with E-state index < -0.39 is 5.54 Å². The van der Waals surface area contributed by atoms with Crippen molar-refractivity contribution in [2.75, 3.05) is 18.5 Å². The predicted octanol–water partition coefficient (Wildman–Crippen LogP) is 2.73. The highest BCUT2D eigenvalue weighted by atomic mass is 16.3. The van der Waals surface area contributed by atoms with Gasteiger partial charge in [-0.15, -0.1) is 0 Å². The highest BCUT2D eigenvalue weighted by Gasteiger charge is 2.22. The van der Waals surface area contributed by atoms with Gasteiger partial charge >= 0.3 is 0 Å². The molecule has 24 heavy (non-hydrogen) atoms. The number of nitriles is 1. The Kier molecular flexibility index (Phi) is 7.33. The van der Waals surface area contributed by atoms with Crippen LogP contribution in [0.5, 0.6) is 0 Å². The molecule has 2 heterocycles. The monoisotopic (exact) mass is 330 g/mol. The van der Waals surface area contributed by atoms with Crippen LogP contribution in [-0.2, 0) is 5.54 Å². The fourth-order valence-electron chi connectivity index (χ4n) is 1.92. The molecule has 0 saturated carbocycles. The van der Waals surface area contributed by atoms with Gasteiger partial charge in [0.2, 0.25) is 5.95 Å². The number of rotatable bonds is 6. The largest absolute Gasteiger partial charge is 0.394 e. The molecule has 0 radical (unpaired) electrons. The summed E-state index contributed by atoms with van der Waals surface area (Å²) in [6.07, 6.45) is 3.95. The van der Waals surface area contributed by atoms with Crippen LogP contribution in [0.2, 0.25) is 0 Å². The summed E-state index contributed by atoms with van der Waals surface area (Å²) < 4.78 is 1.75. The lowest BCUT2D eigenvalue weighted by Crippen LogP contribution is -2.30. The maximum absolute atomic E-state index is 9.46. The standard InChI is InChI=1S/C15H20N6O.C2H6/c1-11-12(9-21(20-11)15(2,3)10-22)13-5-8-18-14(19-13)17-7-4-6-16;1-2/h5,8-9,22H,4,7,10H2,1-3H3,(H,17,18,19);1-2H3. The molecule has 0 amide bonds. The van der Waals surface area contributed by atoms with Crippen molar-refractivity contribution in [1.29, 1.82) is 5.26 Å². The van der Waals surface area contributed by atoms with E-state index in [-0.39, 0.29) is 6.61 Å². The number of anilines is 1. The van der Waals surface area contributed by atoms with Crippen LogP contribution in [0.15, 0.2) is 18.5 Å². The summed E-state index contributed by atoms with van der Waals surface area (Å²) in [6.45, 7) is 10.2. The molecule has 0 unspecified atom stereocenters. The number of aryl methyl sites for hydroxylation is 1. The SMILES string of the molecule is CC.Cc1nn(C(C)(C)CO)cc1-c1ccnc(NCCC#N)n1. The highest BCUT2D eigenvalue weighted by Crippen LogP contribution is 2.24. The topological polar surface area (TPSA) is 99.6 Å². The summed E-state index contributed by atoms with van der Waals surface area (Å²) in [6, 6.07) is 3.88. The summed E-state index contributed by atoms with van der Waals surface area (Å²) in [5.41, 5.74) is 2.02. The molecule has 0 spiro atoms. The molecule has 7 heteroatoms. The summed E-state index contributed by atoms with van der Waals surface area (Å²) >= 11 is 0. The van der Waals surface area contributed by atoms with Crippen LogP contribution in [0.4, 0.5) is 5.95 Å². The van der Waals surface area contributed by atoms with E-state index in [0.717, 1.165) is 17.0 Å². The van der Waals surface area contributed by atoms with E-state index in [1.807, 2.05) is 46.9 Å². The van der Waals surface area contributed by atoms with Crippen molar-refractivity contribution < 1.29 is 5.11 Å². The predicted molar refractivity (Wildman–Crippen MR) is 94.5 cm³/mol. The van der Waals surface area contributed by atoms with E-state index in [1.54, 1.807) is 10.9 Å². The Morgan fingerprint density at radius 3 is 2.71 bits per heavy atom. The van der Waals surface area contributed by atoms with Crippen LogP contribution < -0.4 is 5.32 Å². The van der Waals surface area contributed by atoms with Crippen molar-refractivity contribution >= 4 is 5.95 Å². The first kappa shape index (κ1) is 19.6. The lowest BCUT2D eigenvalue weighted by atomic mass is 10.1. The van der Waals surface area contributed by atoms with E-state index in [4.69, 9.17) is 5.26 Å². The number of aliphatic hydroxyl groups is 1. The minimum atomic E-state index is -0.468. The molecule has 0 aliphatic carbocycles. The molecule has 0 aliphatic heterocycles. The fourth-order valence-corrected chi connectivity index (χ4v) is 1.92. The third-order valence-corrected chi connectivity index (χ3v) is 3.36. The Bertz CT molecular complexity index is 687. The first-order valence-corrected chi connectivity index (χ1v) is 8.10. The Labute approximate surface area is 143 Å². The third kappa shape index (κ3) is 4.77. The van der Waals surface area contributed by atoms with Gasteiger partial charge in [-0.1, -0.05) is 13.8 Å². The second kappa shape index (κ2) is 8.99. The molecule has 7 nitrogen and oxygen atoms in total. The van der Waals surface area contributed by atoms with Crippen LogP contribution in [0, 0.1) is 18.3 Å². The van der Waals surface area contributed by atoms with Crippen LogP contribution in [0.1, 0.15) is 39.8 Å². The Balaban J connectivity index is 0.00000139. The number of aliphatic hydroxyl groups excluding tert-OH is 1. The highest BCUT2D eigenvalue weighted by molar-refractivity contribution is 5.61. The Morgan fingerprint density at radius 2 is 2.08 bits per heavy atom. The zero-order valence-corrected chi connectivity index (χ0v) is 15.0. The summed E-state index contributed by atoms with van der Waals surface area (Å²) in [5.74, 6) is 0.487. The number of nitrogens with zero attached hydrogens (tertiary/aromatic N) is 5. The third-order valence-electron chi connectivity index (χ3n) is 3.36. The van der Waals surface area contributed by atoms with Gasteiger partial charge in [0, 0.05) is 24.5 Å². The van der Waals surface area contributed by atoms with Crippen molar-refractivity contribution in [2.24, 2.45) is 0 Å². The van der Waals surface area contributed by atoms with Gasteiger partial charge < -0.3 is 10.4 Å². The molecule has 0 bridgehead atoms. The average Bonchev–Trinajstić information content (AvgIpc) is 3.00. The van der Waals surface area contributed by atoms with Crippen LogP contribution >= 0.6 is 0 Å². The van der Waals surface area contributed by atoms with E-state index in [2.05, 4.69) is 26.5 Å². The number of hydrogen-bond acceptors (Lipinski definition) is 6. The minimum absolute atomic E-state index is 0.00169. The van der Waals surface area contributed by atoms with Crippen molar-refractivity contribution in [2.45, 2.75) is 46.6 Å². The normalized spacial score (nSPS) is 10.5. The van der Waals surface area contributed by atoms with Crippen molar-refractivity contribution in [3.8, 4) is 17.3 Å². The molecular formula is C17H26N6O. The summed E-state index contributed by atoms with van der Waals surface area (Å²) in [5, 5.41) is 25.5. The van der Waals surface area contributed by atoms with Gasteiger partial charge in [-0.2, -0.15) is 10.4 Å². The van der Waals surface area contributed by atoms with Gasteiger partial charge in [0.05, 0.1) is 36.0 Å². The molecule has 0 fully saturated rings. The van der Waals surface area contributed by atoms with Crippen LogP contribution in [-0.4, -0.2) is 38.0 Å². The van der Waals surface area contributed by atoms with Gasteiger partial charge in [-0.3, -0.25) is 4.68 Å². The molecule has 0 aliphatic rings. The second-order valence-corrected chi connectivity index (χ2v) is 5.64. The molecule has 130 valence electrons. The van der Waals surface area contributed by atoms with Crippen LogP contribution in [0.25, 0.3) is 11.3 Å². The molecule has 2 rings (SSSR count). The van der Waals surface area contributed by atoms with Gasteiger partial charge in [0.1, 0.15) is 0 Å². The van der Waals surface area contributed by atoms with Gasteiger partial charge in [-0.25, -0.2) is 9.97 Å². The zero-order valence-electron chi connectivity index (χ0n) is 15.0. The first-order valence-electron chi connectivity index (χ1n) is 8.10. The minimum Gasteiger partial charge on any atom is -0.394 e.